The number of benzene rings is 2. The van der Waals surface area contributed by atoms with Crippen LogP contribution >= 0.6 is 0 Å². The van der Waals surface area contributed by atoms with Crippen LogP contribution in [0.3, 0.4) is 0 Å². The van der Waals surface area contributed by atoms with E-state index >= 15 is 0 Å². The molecule has 0 spiro atoms. The van der Waals surface area contributed by atoms with Crippen molar-refractivity contribution in [2.75, 3.05) is 6.54 Å². The van der Waals surface area contributed by atoms with E-state index in [4.69, 9.17) is 5.73 Å². The monoisotopic (exact) mass is 249 g/mol. The highest BCUT2D eigenvalue weighted by Gasteiger charge is 2.31. The molecule has 0 saturated carbocycles. The molecule has 0 aliphatic rings. The number of hydrogen-bond donors (Lipinski definition) is 1. The van der Waals surface area contributed by atoms with Crippen LogP contribution in [0.5, 0.6) is 0 Å². The Morgan fingerprint density at radius 2 is 1.42 bits per heavy atom. The van der Waals surface area contributed by atoms with Gasteiger partial charge in [0, 0.05) is 12.0 Å². The zero-order valence-corrected chi connectivity index (χ0v) is 11.0. The van der Waals surface area contributed by atoms with Crippen molar-refractivity contribution in [3.05, 3.63) is 90.2 Å². The van der Waals surface area contributed by atoms with Crippen molar-refractivity contribution >= 4 is 0 Å². The van der Waals surface area contributed by atoms with Gasteiger partial charge in [0.05, 0.1) is 0 Å². The summed E-state index contributed by atoms with van der Waals surface area (Å²) in [4.78, 5) is 0. The topological polar surface area (TPSA) is 26.0 Å². The lowest BCUT2D eigenvalue weighted by Crippen LogP contribution is -2.36. The molecule has 1 nitrogen and oxygen atoms in total. The van der Waals surface area contributed by atoms with Gasteiger partial charge in [-0.3, -0.25) is 0 Å². The number of allylic oxidation sites excluding steroid dienone is 1. The summed E-state index contributed by atoms with van der Waals surface area (Å²) in [5.41, 5.74) is 11.3. The molecule has 96 valence electrons. The molecular formula is C18H19N. The van der Waals surface area contributed by atoms with Gasteiger partial charge in [0.1, 0.15) is 0 Å². The minimum Gasteiger partial charge on any atom is -0.329 e. The maximum atomic E-state index is 6.14. The molecule has 0 aromatic heterocycles. The van der Waals surface area contributed by atoms with Crippen LogP contribution in [0.4, 0.5) is 0 Å². The van der Waals surface area contributed by atoms with E-state index in [9.17, 15) is 0 Å². The molecule has 2 aromatic rings. The summed E-state index contributed by atoms with van der Waals surface area (Å²) in [6.45, 7) is 4.22. The largest absolute Gasteiger partial charge is 0.329 e. The maximum Gasteiger partial charge on any atom is 0.0365 e. The summed E-state index contributed by atoms with van der Waals surface area (Å²) in [5.74, 6) is 0. The average Bonchev–Trinajstić information content (AvgIpc) is 2.51. The van der Waals surface area contributed by atoms with E-state index in [1.165, 1.54) is 11.1 Å². The lowest BCUT2D eigenvalue weighted by molar-refractivity contribution is 0.533. The van der Waals surface area contributed by atoms with Gasteiger partial charge >= 0.3 is 0 Å². The molecule has 0 aliphatic heterocycles. The van der Waals surface area contributed by atoms with E-state index < -0.39 is 0 Å². The van der Waals surface area contributed by atoms with E-state index in [1.807, 2.05) is 18.2 Å². The molecular weight excluding hydrogens is 230 g/mol. The number of nitrogens with two attached hydrogens (primary N) is 1. The fraction of sp³-hybridized carbons (Fsp3) is 0.167. The van der Waals surface area contributed by atoms with Gasteiger partial charge in [-0.2, -0.15) is 0 Å². The van der Waals surface area contributed by atoms with Crippen LogP contribution in [0.15, 0.2) is 79.0 Å². The number of hydrogen-bond acceptors (Lipinski definition) is 1. The van der Waals surface area contributed by atoms with Gasteiger partial charge in [-0.15, -0.1) is 5.73 Å². The highest BCUT2D eigenvalue weighted by molar-refractivity contribution is 5.40. The predicted octanol–water partition coefficient (Wildman–Crippen LogP) is 3.66. The molecule has 2 aromatic carbocycles. The Hall–Kier alpha value is -2.08. The molecule has 0 unspecified atom stereocenters. The van der Waals surface area contributed by atoms with E-state index in [0.717, 1.165) is 6.42 Å². The van der Waals surface area contributed by atoms with E-state index in [2.05, 4.69) is 60.8 Å². The van der Waals surface area contributed by atoms with Crippen LogP contribution in [0.2, 0.25) is 0 Å². The third-order valence-electron chi connectivity index (χ3n) is 3.60. The molecule has 0 heterocycles. The SMILES string of the molecule is C=C=CCC(CN)(c1ccccc1)c1ccccc1. The number of rotatable bonds is 5. The van der Waals surface area contributed by atoms with Crippen LogP contribution in [0.1, 0.15) is 17.5 Å². The summed E-state index contributed by atoms with van der Waals surface area (Å²) in [6.07, 6.45) is 2.77. The van der Waals surface area contributed by atoms with Gasteiger partial charge < -0.3 is 5.73 Å². The first kappa shape index (κ1) is 13.4. The zero-order chi connectivity index (χ0) is 13.6. The van der Waals surface area contributed by atoms with E-state index in [0.29, 0.717) is 6.54 Å². The quantitative estimate of drug-likeness (QED) is 0.804. The van der Waals surface area contributed by atoms with Crippen LogP contribution in [-0.4, -0.2) is 6.54 Å². The zero-order valence-electron chi connectivity index (χ0n) is 11.0. The fourth-order valence-corrected chi connectivity index (χ4v) is 2.48. The third-order valence-corrected chi connectivity index (χ3v) is 3.60. The molecule has 0 bridgehead atoms. The van der Waals surface area contributed by atoms with Crippen LogP contribution < -0.4 is 5.73 Å². The summed E-state index contributed by atoms with van der Waals surface area (Å²) >= 11 is 0. The second kappa shape index (κ2) is 6.19. The molecule has 19 heavy (non-hydrogen) atoms. The van der Waals surface area contributed by atoms with Gasteiger partial charge in [-0.1, -0.05) is 67.2 Å². The van der Waals surface area contributed by atoms with Crippen molar-refractivity contribution in [1.82, 2.24) is 0 Å². The minimum atomic E-state index is -0.201. The van der Waals surface area contributed by atoms with Crippen molar-refractivity contribution in [2.24, 2.45) is 5.73 Å². The van der Waals surface area contributed by atoms with Gasteiger partial charge in [-0.05, 0) is 23.6 Å². The first-order chi connectivity index (χ1) is 9.33. The Balaban J connectivity index is 2.58. The van der Waals surface area contributed by atoms with Crippen LogP contribution in [0.25, 0.3) is 0 Å². The Labute approximate surface area is 115 Å². The highest BCUT2D eigenvalue weighted by Crippen LogP contribution is 2.35. The fourth-order valence-electron chi connectivity index (χ4n) is 2.48. The molecule has 2 rings (SSSR count). The summed E-state index contributed by atoms with van der Waals surface area (Å²) in [7, 11) is 0. The first-order valence-electron chi connectivity index (χ1n) is 6.49. The molecule has 0 atom stereocenters. The van der Waals surface area contributed by atoms with Gasteiger partial charge in [0.2, 0.25) is 0 Å². The van der Waals surface area contributed by atoms with Crippen molar-refractivity contribution in [1.29, 1.82) is 0 Å². The smallest absolute Gasteiger partial charge is 0.0365 e. The molecule has 2 N–H and O–H groups in total. The van der Waals surface area contributed by atoms with Gasteiger partial charge in [0.25, 0.3) is 0 Å². The van der Waals surface area contributed by atoms with E-state index in [1.54, 1.807) is 0 Å². The lowest BCUT2D eigenvalue weighted by atomic mass is 9.72. The highest BCUT2D eigenvalue weighted by atomic mass is 14.6. The van der Waals surface area contributed by atoms with Crippen molar-refractivity contribution in [3.63, 3.8) is 0 Å². The molecule has 0 fully saturated rings. The molecule has 0 amide bonds. The molecule has 0 aliphatic carbocycles. The van der Waals surface area contributed by atoms with E-state index in [-0.39, 0.29) is 5.41 Å². The van der Waals surface area contributed by atoms with Crippen LogP contribution in [-0.2, 0) is 5.41 Å². The Kier molecular flexibility index (Phi) is 4.35. The summed E-state index contributed by atoms with van der Waals surface area (Å²) in [6, 6.07) is 20.8. The van der Waals surface area contributed by atoms with Gasteiger partial charge in [-0.25, -0.2) is 0 Å². The van der Waals surface area contributed by atoms with Crippen molar-refractivity contribution < 1.29 is 0 Å². The summed E-state index contributed by atoms with van der Waals surface area (Å²) < 4.78 is 0. The lowest BCUT2D eigenvalue weighted by Gasteiger charge is -2.32. The Morgan fingerprint density at radius 3 is 1.79 bits per heavy atom. The molecule has 0 radical (unpaired) electrons. The van der Waals surface area contributed by atoms with Crippen molar-refractivity contribution in [3.8, 4) is 0 Å². The Morgan fingerprint density at radius 1 is 0.947 bits per heavy atom. The standard InChI is InChI=1S/C18H19N/c1-2-3-14-18(15-19,16-10-6-4-7-11-16)17-12-8-5-9-13-17/h3-13H,1,14-15,19H2. The molecule has 0 saturated heterocycles. The van der Waals surface area contributed by atoms with Gasteiger partial charge in [0.15, 0.2) is 0 Å². The molecule has 1 heteroatoms. The second-order valence-corrected chi connectivity index (χ2v) is 4.63. The maximum absolute atomic E-state index is 6.14. The van der Waals surface area contributed by atoms with Crippen LogP contribution in [0, 0.1) is 0 Å². The summed E-state index contributed by atoms with van der Waals surface area (Å²) in [5, 5.41) is 0. The first-order valence-corrected chi connectivity index (χ1v) is 6.49. The third kappa shape index (κ3) is 2.68. The Bertz CT molecular complexity index is 511. The average molecular weight is 249 g/mol. The predicted molar refractivity (Wildman–Crippen MR) is 81.0 cm³/mol. The second-order valence-electron chi connectivity index (χ2n) is 4.63. The van der Waals surface area contributed by atoms with Crippen molar-refractivity contribution in [2.45, 2.75) is 11.8 Å². The minimum absolute atomic E-state index is 0.201. The normalized spacial score (nSPS) is 10.8.